The van der Waals surface area contributed by atoms with E-state index in [0.717, 1.165) is 36.3 Å². The van der Waals surface area contributed by atoms with Gasteiger partial charge in [0, 0.05) is 18.7 Å². The molecule has 36 heavy (non-hydrogen) atoms. The minimum absolute atomic E-state index is 0.188. The summed E-state index contributed by atoms with van der Waals surface area (Å²) in [6, 6.07) is 22.9. The van der Waals surface area contributed by atoms with Crippen molar-refractivity contribution in [1.82, 2.24) is 10.2 Å². The van der Waals surface area contributed by atoms with E-state index in [1.807, 2.05) is 43.3 Å². The zero-order valence-corrected chi connectivity index (χ0v) is 21.9. The highest BCUT2D eigenvalue weighted by Crippen LogP contribution is 2.22. The Morgan fingerprint density at radius 3 is 2.22 bits per heavy atom. The van der Waals surface area contributed by atoms with Gasteiger partial charge in [0.1, 0.15) is 0 Å². The first kappa shape index (κ1) is 25.9. The largest absolute Gasteiger partial charge is 0.348 e. The summed E-state index contributed by atoms with van der Waals surface area (Å²) in [6.45, 7) is 5.92. The molecule has 1 aliphatic rings. The second-order valence-corrected chi connectivity index (χ2v) is 11.5. The van der Waals surface area contributed by atoms with Crippen LogP contribution in [0.25, 0.3) is 0 Å². The van der Waals surface area contributed by atoms with Crippen molar-refractivity contribution in [3.05, 3.63) is 101 Å². The van der Waals surface area contributed by atoms with Gasteiger partial charge in [0.05, 0.1) is 18.5 Å². The van der Waals surface area contributed by atoms with Crippen molar-refractivity contribution < 1.29 is 13.2 Å². The smallest absolute Gasteiger partial charge is 0.251 e. The Bertz CT molecular complexity index is 1270. The first-order valence-corrected chi connectivity index (χ1v) is 14.3. The Morgan fingerprint density at radius 1 is 0.889 bits per heavy atom. The summed E-state index contributed by atoms with van der Waals surface area (Å²) >= 11 is 0. The summed E-state index contributed by atoms with van der Waals surface area (Å²) in [7, 11) is -3.49. The van der Waals surface area contributed by atoms with Gasteiger partial charge in [-0.2, -0.15) is 0 Å². The number of hydrogen-bond acceptors (Lipinski definition) is 4. The van der Waals surface area contributed by atoms with E-state index in [-0.39, 0.29) is 12.5 Å². The summed E-state index contributed by atoms with van der Waals surface area (Å²) in [5, 5.41) is 2.99. The average molecular weight is 506 g/mol. The van der Waals surface area contributed by atoms with E-state index in [1.165, 1.54) is 35.4 Å². The van der Waals surface area contributed by atoms with Crippen LogP contribution in [0.1, 0.15) is 51.9 Å². The van der Waals surface area contributed by atoms with Crippen molar-refractivity contribution in [3.63, 3.8) is 0 Å². The van der Waals surface area contributed by atoms with Gasteiger partial charge in [-0.05, 0) is 73.8 Å². The van der Waals surface area contributed by atoms with Gasteiger partial charge in [-0.3, -0.25) is 14.0 Å². The van der Waals surface area contributed by atoms with E-state index in [9.17, 15) is 13.2 Å². The lowest BCUT2D eigenvalue weighted by atomic mass is 10.1. The predicted octanol–water partition coefficient (Wildman–Crippen LogP) is 4.88. The van der Waals surface area contributed by atoms with Crippen LogP contribution in [-0.2, 0) is 29.7 Å². The summed E-state index contributed by atoms with van der Waals surface area (Å²) in [5.41, 5.74) is 5.37. The highest BCUT2D eigenvalue weighted by Gasteiger charge is 2.18. The van der Waals surface area contributed by atoms with Crippen LogP contribution in [0.15, 0.2) is 72.8 Å². The number of hydrogen-bond donors (Lipinski definition) is 1. The van der Waals surface area contributed by atoms with Crippen LogP contribution in [-0.4, -0.2) is 38.6 Å². The van der Waals surface area contributed by atoms with Gasteiger partial charge in [0.2, 0.25) is 10.0 Å². The summed E-state index contributed by atoms with van der Waals surface area (Å²) in [5.74, 6) is -0.188. The van der Waals surface area contributed by atoms with Crippen LogP contribution in [0.2, 0.25) is 0 Å². The number of nitrogens with one attached hydrogen (secondary N) is 1. The monoisotopic (exact) mass is 505 g/mol. The Labute approximate surface area is 215 Å². The standard InChI is InChI=1S/C29H35N3O3S/c1-23-9-11-24(12-10-23)22-32(36(2,34)35)28-15-13-27(14-16-28)29(33)30-20-25-7-6-8-26(19-25)21-31-17-4-3-5-18-31/h6-16,19H,3-5,17-18,20-22H2,1-2H3,(H,30,33). The van der Waals surface area contributed by atoms with Crippen molar-refractivity contribution >= 4 is 21.6 Å². The van der Waals surface area contributed by atoms with Crippen molar-refractivity contribution in [2.75, 3.05) is 23.7 Å². The van der Waals surface area contributed by atoms with Crippen LogP contribution in [0.5, 0.6) is 0 Å². The van der Waals surface area contributed by atoms with Crippen LogP contribution >= 0.6 is 0 Å². The molecule has 1 heterocycles. The van der Waals surface area contributed by atoms with Crippen molar-refractivity contribution in [2.45, 2.75) is 45.8 Å². The maximum absolute atomic E-state index is 12.8. The number of rotatable bonds is 9. The third-order valence-electron chi connectivity index (χ3n) is 6.56. The molecular weight excluding hydrogens is 470 g/mol. The molecule has 1 saturated heterocycles. The van der Waals surface area contributed by atoms with Crippen molar-refractivity contribution in [2.24, 2.45) is 0 Å². The SMILES string of the molecule is Cc1ccc(CN(c2ccc(C(=O)NCc3cccc(CN4CCCCC4)c3)cc2)S(C)(=O)=O)cc1. The minimum atomic E-state index is -3.49. The topological polar surface area (TPSA) is 69.7 Å². The van der Waals surface area contributed by atoms with E-state index in [0.29, 0.717) is 17.8 Å². The highest BCUT2D eigenvalue weighted by atomic mass is 32.2. The second-order valence-electron chi connectivity index (χ2n) is 9.64. The highest BCUT2D eigenvalue weighted by molar-refractivity contribution is 7.92. The number of benzene rings is 3. The number of carbonyl (C=O) groups excluding carboxylic acids is 1. The molecule has 1 amide bonds. The number of piperidine rings is 1. The molecule has 1 N–H and O–H groups in total. The maximum atomic E-state index is 12.8. The van der Waals surface area contributed by atoms with Gasteiger partial charge in [-0.1, -0.05) is 60.5 Å². The number of carbonyl (C=O) groups is 1. The third-order valence-corrected chi connectivity index (χ3v) is 7.70. The zero-order valence-electron chi connectivity index (χ0n) is 21.1. The van der Waals surface area contributed by atoms with Crippen molar-refractivity contribution in [1.29, 1.82) is 0 Å². The fourth-order valence-corrected chi connectivity index (χ4v) is 5.42. The molecule has 3 aromatic rings. The van der Waals surface area contributed by atoms with Gasteiger partial charge < -0.3 is 5.32 Å². The summed E-state index contributed by atoms with van der Waals surface area (Å²) < 4.78 is 26.3. The Hall–Kier alpha value is -3.16. The molecule has 0 radical (unpaired) electrons. The number of aryl methyl sites for hydroxylation is 1. The van der Waals surface area contributed by atoms with Gasteiger partial charge >= 0.3 is 0 Å². The number of anilines is 1. The Kier molecular flexibility index (Phi) is 8.44. The van der Waals surface area contributed by atoms with Gasteiger partial charge in [-0.25, -0.2) is 8.42 Å². The first-order chi connectivity index (χ1) is 17.3. The molecule has 1 fully saturated rings. The number of nitrogens with zero attached hydrogens (tertiary/aromatic N) is 2. The lowest BCUT2D eigenvalue weighted by Gasteiger charge is -2.26. The predicted molar refractivity (Wildman–Crippen MR) is 145 cm³/mol. The number of sulfonamides is 1. The lowest BCUT2D eigenvalue weighted by molar-refractivity contribution is 0.0951. The van der Waals surface area contributed by atoms with Crippen LogP contribution < -0.4 is 9.62 Å². The van der Waals surface area contributed by atoms with Gasteiger partial charge in [0.25, 0.3) is 5.91 Å². The number of likely N-dealkylation sites (tertiary alicyclic amines) is 1. The van der Waals surface area contributed by atoms with Gasteiger partial charge in [0.15, 0.2) is 0 Å². The molecule has 0 saturated carbocycles. The molecule has 0 aliphatic carbocycles. The molecule has 0 spiro atoms. The third kappa shape index (κ3) is 7.18. The molecule has 7 heteroatoms. The van der Waals surface area contributed by atoms with E-state index in [4.69, 9.17) is 0 Å². The van der Waals surface area contributed by atoms with Crippen LogP contribution in [0.4, 0.5) is 5.69 Å². The molecule has 6 nitrogen and oxygen atoms in total. The van der Waals surface area contributed by atoms with E-state index in [1.54, 1.807) is 24.3 Å². The second kappa shape index (κ2) is 11.7. The molecule has 190 valence electrons. The van der Waals surface area contributed by atoms with E-state index >= 15 is 0 Å². The molecule has 4 rings (SSSR count). The first-order valence-electron chi connectivity index (χ1n) is 12.5. The fourth-order valence-electron chi connectivity index (χ4n) is 4.54. The molecule has 0 unspecified atom stereocenters. The molecule has 0 bridgehead atoms. The normalized spacial score (nSPS) is 14.4. The molecule has 1 aliphatic heterocycles. The minimum Gasteiger partial charge on any atom is -0.348 e. The van der Waals surface area contributed by atoms with Gasteiger partial charge in [-0.15, -0.1) is 0 Å². The molecule has 0 aromatic heterocycles. The fraction of sp³-hybridized carbons (Fsp3) is 0.345. The van der Waals surface area contributed by atoms with Crippen LogP contribution in [0.3, 0.4) is 0 Å². The molecular formula is C29H35N3O3S. The molecule has 0 atom stereocenters. The quantitative estimate of drug-likeness (QED) is 0.450. The zero-order chi connectivity index (χ0) is 25.5. The lowest BCUT2D eigenvalue weighted by Crippen LogP contribution is -2.29. The number of amides is 1. The Morgan fingerprint density at radius 2 is 1.56 bits per heavy atom. The molecule has 3 aromatic carbocycles. The van der Waals surface area contributed by atoms with E-state index in [2.05, 4.69) is 22.3 Å². The average Bonchev–Trinajstić information content (AvgIpc) is 2.87. The summed E-state index contributed by atoms with van der Waals surface area (Å²) in [6.07, 6.45) is 5.05. The maximum Gasteiger partial charge on any atom is 0.251 e. The Balaban J connectivity index is 1.38. The van der Waals surface area contributed by atoms with Crippen molar-refractivity contribution in [3.8, 4) is 0 Å². The summed E-state index contributed by atoms with van der Waals surface area (Å²) in [4.78, 5) is 15.3. The van der Waals surface area contributed by atoms with E-state index < -0.39 is 10.0 Å². The van der Waals surface area contributed by atoms with Crippen LogP contribution in [0, 0.1) is 6.92 Å².